The topological polar surface area (TPSA) is 97.3 Å². The fourth-order valence-electron chi connectivity index (χ4n) is 1.86. The smallest absolute Gasteiger partial charge is 0.342 e. The van der Waals surface area contributed by atoms with Crippen LogP contribution in [0.15, 0.2) is 26.7 Å². The van der Waals surface area contributed by atoms with Crippen LogP contribution in [0.5, 0.6) is 11.5 Å². The van der Waals surface area contributed by atoms with E-state index in [0.29, 0.717) is 39.1 Å². The van der Waals surface area contributed by atoms with Crippen LogP contribution in [-0.2, 0) is 4.79 Å². The highest BCUT2D eigenvalue weighted by Crippen LogP contribution is 2.38. The largest absolute Gasteiger partial charge is 0.493 e. The number of carboxylic acids is 1. The Morgan fingerprint density at radius 2 is 2.25 bits per heavy atom. The van der Waals surface area contributed by atoms with Crippen LogP contribution in [0.1, 0.15) is 18.3 Å². The maximum Gasteiger partial charge on any atom is 0.342 e. The molecule has 2 rings (SSSR count). The van der Waals surface area contributed by atoms with Crippen LogP contribution in [0.2, 0.25) is 0 Å². The number of halogens is 1. The molecule has 1 aromatic heterocycles. The molecule has 0 saturated heterocycles. The third-order valence-corrected chi connectivity index (χ3v) is 4.29. The number of aromatic amines is 1. The van der Waals surface area contributed by atoms with Crippen molar-refractivity contribution in [1.29, 1.82) is 0 Å². The molecule has 1 heterocycles. The minimum atomic E-state index is -1.06. The van der Waals surface area contributed by atoms with Gasteiger partial charge in [0.25, 0.3) is 0 Å². The molecule has 0 spiro atoms. The maximum atomic E-state index is 11.5. The molecule has 7 nitrogen and oxygen atoms in total. The van der Waals surface area contributed by atoms with E-state index in [4.69, 9.17) is 9.47 Å². The van der Waals surface area contributed by atoms with E-state index in [0.717, 1.165) is 11.8 Å². The Hall–Kier alpha value is -2.00. The van der Waals surface area contributed by atoms with Gasteiger partial charge in [0.1, 0.15) is 10.7 Å². The second kappa shape index (κ2) is 8.20. The third kappa shape index (κ3) is 4.51. The zero-order chi connectivity index (χ0) is 17.7. The number of ether oxygens (including phenoxy) is 2. The number of nitrogens with one attached hydrogen (secondary N) is 1. The maximum absolute atomic E-state index is 11.5. The van der Waals surface area contributed by atoms with Gasteiger partial charge in [0.2, 0.25) is 5.16 Å². The van der Waals surface area contributed by atoms with Gasteiger partial charge in [-0.2, -0.15) is 0 Å². The monoisotopic (exact) mass is 413 g/mol. The predicted molar refractivity (Wildman–Crippen MR) is 94.5 cm³/mol. The minimum Gasteiger partial charge on any atom is -0.493 e. The average Bonchev–Trinajstić information content (AvgIpc) is 2.94. The fourth-order valence-corrected chi connectivity index (χ4v) is 3.19. The third-order valence-electron chi connectivity index (χ3n) is 2.83. The zero-order valence-corrected chi connectivity index (χ0v) is 15.7. The van der Waals surface area contributed by atoms with Gasteiger partial charge in [-0.25, -0.2) is 9.78 Å². The van der Waals surface area contributed by atoms with Gasteiger partial charge >= 0.3 is 5.97 Å². The molecule has 128 valence electrons. The molecule has 2 aromatic rings. The SMILES string of the molecule is CCOc1c(Br)cc(C=C(Sc2n[nH]c(C)n2)C(=O)O)cc1OC. The number of hydrogen-bond acceptors (Lipinski definition) is 6. The molecule has 0 radical (unpaired) electrons. The number of H-pyrrole nitrogens is 1. The van der Waals surface area contributed by atoms with Crippen molar-refractivity contribution in [2.45, 2.75) is 19.0 Å². The molecule has 0 atom stereocenters. The summed E-state index contributed by atoms with van der Waals surface area (Å²) in [6.45, 7) is 4.11. The first kappa shape index (κ1) is 18.3. The van der Waals surface area contributed by atoms with E-state index in [1.165, 1.54) is 13.2 Å². The van der Waals surface area contributed by atoms with Crippen LogP contribution >= 0.6 is 27.7 Å². The first-order chi connectivity index (χ1) is 11.4. The Morgan fingerprint density at radius 1 is 1.50 bits per heavy atom. The summed E-state index contributed by atoms with van der Waals surface area (Å²) < 4.78 is 11.5. The second-order valence-corrected chi connectivity index (χ2v) is 6.45. The van der Waals surface area contributed by atoms with Gasteiger partial charge in [0, 0.05) is 0 Å². The lowest BCUT2D eigenvalue weighted by Crippen LogP contribution is -1.99. The highest BCUT2D eigenvalue weighted by atomic mass is 79.9. The molecule has 0 aliphatic heterocycles. The number of nitrogens with zero attached hydrogens (tertiary/aromatic N) is 2. The van der Waals surface area contributed by atoms with E-state index < -0.39 is 5.97 Å². The van der Waals surface area contributed by atoms with Crippen molar-refractivity contribution in [3.8, 4) is 11.5 Å². The second-order valence-electron chi connectivity index (χ2n) is 4.59. The summed E-state index contributed by atoms with van der Waals surface area (Å²) in [4.78, 5) is 15.7. The number of rotatable bonds is 7. The van der Waals surface area contributed by atoms with E-state index in [1.54, 1.807) is 19.1 Å². The molecule has 2 N–H and O–H groups in total. The summed E-state index contributed by atoms with van der Waals surface area (Å²) in [7, 11) is 1.53. The van der Waals surface area contributed by atoms with Crippen LogP contribution in [0.25, 0.3) is 6.08 Å². The van der Waals surface area contributed by atoms with Gasteiger partial charge in [0.05, 0.1) is 18.2 Å². The van der Waals surface area contributed by atoms with Crippen molar-refractivity contribution in [1.82, 2.24) is 15.2 Å². The number of aryl methyl sites for hydroxylation is 1. The molecular weight excluding hydrogens is 398 g/mol. The highest BCUT2D eigenvalue weighted by Gasteiger charge is 2.15. The summed E-state index contributed by atoms with van der Waals surface area (Å²) in [6, 6.07) is 3.47. The first-order valence-electron chi connectivity index (χ1n) is 6.96. The van der Waals surface area contributed by atoms with Crippen LogP contribution in [0.3, 0.4) is 0 Å². The Balaban J connectivity index is 2.38. The van der Waals surface area contributed by atoms with Gasteiger partial charge in [-0.05, 0) is 65.3 Å². The lowest BCUT2D eigenvalue weighted by atomic mass is 10.2. The standard InChI is InChI=1S/C15H16BrN3O4S/c1-4-23-13-10(16)5-9(6-11(13)22-3)7-12(14(20)21)24-15-17-8(2)18-19-15/h5-7H,4H2,1-3H3,(H,20,21)(H,17,18,19). The van der Waals surface area contributed by atoms with E-state index >= 15 is 0 Å². The van der Waals surface area contributed by atoms with Crippen molar-refractivity contribution >= 4 is 39.7 Å². The van der Waals surface area contributed by atoms with Crippen LogP contribution in [-0.4, -0.2) is 40.0 Å². The number of aliphatic carboxylic acids is 1. The van der Waals surface area contributed by atoms with E-state index in [-0.39, 0.29) is 4.91 Å². The number of methoxy groups -OCH3 is 1. The molecule has 0 amide bonds. The lowest BCUT2D eigenvalue weighted by molar-refractivity contribution is -0.131. The van der Waals surface area contributed by atoms with Gasteiger partial charge in [0.15, 0.2) is 11.5 Å². The molecule has 0 unspecified atom stereocenters. The van der Waals surface area contributed by atoms with Gasteiger partial charge in [-0.3, -0.25) is 5.10 Å². The van der Waals surface area contributed by atoms with Crippen molar-refractivity contribution in [2.75, 3.05) is 13.7 Å². The lowest BCUT2D eigenvalue weighted by Gasteiger charge is -2.12. The highest BCUT2D eigenvalue weighted by molar-refractivity contribution is 9.10. The van der Waals surface area contributed by atoms with Crippen molar-refractivity contribution < 1.29 is 19.4 Å². The molecule has 0 aliphatic rings. The first-order valence-corrected chi connectivity index (χ1v) is 8.57. The molecular formula is C15H16BrN3O4S. The fraction of sp³-hybridized carbons (Fsp3) is 0.267. The minimum absolute atomic E-state index is 0.0899. The molecule has 0 saturated carbocycles. The van der Waals surface area contributed by atoms with Crippen LogP contribution in [0.4, 0.5) is 0 Å². The quantitative estimate of drug-likeness (QED) is 0.529. The van der Waals surface area contributed by atoms with Gasteiger partial charge < -0.3 is 14.6 Å². The predicted octanol–water partition coefficient (Wildman–Crippen LogP) is 3.50. The summed E-state index contributed by atoms with van der Waals surface area (Å²) in [5.41, 5.74) is 0.652. The summed E-state index contributed by atoms with van der Waals surface area (Å²) in [5.74, 6) is 0.645. The van der Waals surface area contributed by atoms with E-state index in [2.05, 4.69) is 31.1 Å². The molecule has 0 fully saturated rings. The molecule has 9 heteroatoms. The zero-order valence-electron chi connectivity index (χ0n) is 13.3. The summed E-state index contributed by atoms with van der Waals surface area (Å²) in [6.07, 6.45) is 1.53. The molecule has 0 bridgehead atoms. The van der Waals surface area contributed by atoms with Crippen LogP contribution in [0, 0.1) is 6.92 Å². The molecule has 0 aliphatic carbocycles. The number of carbonyl (C=O) groups is 1. The Labute approximate surface area is 151 Å². The normalized spacial score (nSPS) is 11.4. The van der Waals surface area contributed by atoms with Gasteiger partial charge in [-0.15, -0.1) is 5.10 Å². The summed E-state index contributed by atoms with van der Waals surface area (Å²) >= 11 is 4.39. The van der Waals surface area contributed by atoms with Crippen molar-refractivity contribution in [3.63, 3.8) is 0 Å². The Bertz CT molecular complexity index is 776. The van der Waals surface area contributed by atoms with Crippen molar-refractivity contribution in [2.24, 2.45) is 0 Å². The number of benzene rings is 1. The number of thioether (sulfide) groups is 1. The Kier molecular flexibility index (Phi) is 6.27. The number of carboxylic acid groups (broad SMARTS) is 1. The van der Waals surface area contributed by atoms with Gasteiger partial charge in [-0.1, -0.05) is 0 Å². The van der Waals surface area contributed by atoms with Crippen LogP contribution < -0.4 is 9.47 Å². The van der Waals surface area contributed by atoms with E-state index in [9.17, 15) is 9.90 Å². The number of aromatic nitrogens is 3. The summed E-state index contributed by atoms with van der Waals surface area (Å²) in [5, 5.41) is 16.4. The molecule has 1 aromatic carbocycles. The number of hydrogen-bond donors (Lipinski definition) is 2. The Morgan fingerprint density at radius 3 is 2.79 bits per heavy atom. The van der Waals surface area contributed by atoms with E-state index in [1.807, 2.05) is 6.92 Å². The average molecular weight is 414 g/mol. The van der Waals surface area contributed by atoms with Crippen molar-refractivity contribution in [3.05, 3.63) is 32.9 Å². The molecule has 24 heavy (non-hydrogen) atoms.